The Morgan fingerprint density at radius 3 is 2.33 bits per heavy atom. The fourth-order valence-corrected chi connectivity index (χ4v) is 4.78. The maximum atomic E-state index is 6.42. The van der Waals surface area contributed by atoms with Crippen LogP contribution in [0.15, 0.2) is 59.3 Å². The van der Waals surface area contributed by atoms with Crippen LogP contribution in [-0.2, 0) is 11.8 Å². The number of fused-ring (bicyclic) bond motifs is 4. The van der Waals surface area contributed by atoms with Crippen LogP contribution >= 0.6 is 0 Å². The second kappa shape index (κ2) is 7.41. The van der Waals surface area contributed by atoms with E-state index in [-0.39, 0.29) is 10.8 Å². The van der Waals surface area contributed by atoms with Crippen molar-refractivity contribution >= 4 is 32.8 Å². The third-order valence-electron chi connectivity index (χ3n) is 6.24. The molecule has 5 aromatic rings. The molecule has 0 aliphatic heterocycles. The van der Waals surface area contributed by atoms with Crippen molar-refractivity contribution in [2.75, 3.05) is 0 Å². The Hall–Kier alpha value is -3.20. The number of benzene rings is 3. The van der Waals surface area contributed by atoms with Gasteiger partial charge in [-0.2, -0.15) is 0 Å². The summed E-state index contributed by atoms with van der Waals surface area (Å²) in [5.74, 6) is 0. The van der Waals surface area contributed by atoms with Crippen molar-refractivity contribution in [1.29, 1.82) is 0 Å². The Labute approximate surface area is 195 Å². The number of aromatic nitrogens is 2. The summed E-state index contributed by atoms with van der Waals surface area (Å²) in [6.45, 7) is 15.7. The van der Waals surface area contributed by atoms with Crippen LogP contribution in [0.1, 0.15) is 58.2 Å². The summed E-state index contributed by atoms with van der Waals surface area (Å²) < 4.78 is 6.42. The molecule has 0 aliphatic carbocycles. The van der Waals surface area contributed by atoms with E-state index < -0.39 is 0 Å². The lowest BCUT2D eigenvalue weighted by atomic mass is 9.82. The highest BCUT2D eigenvalue weighted by Crippen LogP contribution is 2.38. The first kappa shape index (κ1) is 21.6. The highest BCUT2D eigenvalue weighted by Gasteiger charge is 2.21. The largest absolute Gasteiger partial charge is 0.452 e. The van der Waals surface area contributed by atoms with Crippen molar-refractivity contribution < 1.29 is 4.42 Å². The third kappa shape index (κ3) is 4.01. The monoisotopic (exact) mass is 436 g/mol. The zero-order chi connectivity index (χ0) is 23.5. The van der Waals surface area contributed by atoms with Gasteiger partial charge >= 0.3 is 0 Å². The van der Waals surface area contributed by atoms with Crippen molar-refractivity contribution in [2.24, 2.45) is 5.41 Å². The molecule has 168 valence electrons. The molecule has 33 heavy (non-hydrogen) atoms. The molecular formula is C30H32N2O. The Morgan fingerprint density at radius 1 is 0.818 bits per heavy atom. The summed E-state index contributed by atoms with van der Waals surface area (Å²) in [6, 6.07) is 17.7. The molecule has 0 atom stereocenters. The van der Waals surface area contributed by atoms with Gasteiger partial charge in [-0.3, -0.25) is 0 Å². The van der Waals surface area contributed by atoms with Crippen LogP contribution in [0.3, 0.4) is 0 Å². The van der Waals surface area contributed by atoms with Crippen LogP contribution in [0.4, 0.5) is 0 Å². The smallest absolute Gasteiger partial charge is 0.180 e. The SMILES string of the molecule is Cc1ccc2cc(-c3ncnc4c3oc3cc(CC(C)(C)C)ccc34)cc(C(C)(C)C)c2c1. The summed E-state index contributed by atoms with van der Waals surface area (Å²) in [5, 5.41) is 3.56. The van der Waals surface area contributed by atoms with Crippen molar-refractivity contribution in [1.82, 2.24) is 9.97 Å². The molecule has 0 N–H and O–H groups in total. The maximum absolute atomic E-state index is 6.42. The van der Waals surface area contributed by atoms with E-state index >= 15 is 0 Å². The predicted molar refractivity (Wildman–Crippen MR) is 139 cm³/mol. The molecule has 0 unspecified atom stereocenters. The number of hydrogen-bond acceptors (Lipinski definition) is 3. The van der Waals surface area contributed by atoms with Gasteiger partial charge in [0.25, 0.3) is 0 Å². The minimum Gasteiger partial charge on any atom is -0.452 e. The standard InChI is InChI=1S/C30H32N2O/c1-18-8-10-20-14-21(15-24(23(20)12-18)30(5,6)7)26-28-27(32-17-31-26)22-11-9-19(13-25(22)33-28)16-29(2,3)4/h8-15,17H,16H2,1-7H3. The Balaban J connectivity index is 1.74. The van der Waals surface area contributed by atoms with Gasteiger partial charge in [0.1, 0.15) is 23.1 Å². The van der Waals surface area contributed by atoms with Gasteiger partial charge < -0.3 is 4.42 Å². The van der Waals surface area contributed by atoms with Gasteiger partial charge in [-0.05, 0) is 70.3 Å². The van der Waals surface area contributed by atoms with E-state index in [1.165, 1.54) is 27.5 Å². The molecule has 0 saturated carbocycles. The number of hydrogen-bond donors (Lipinski definition) is 0. The van der Waals surface area contributed by atoms with Crippen molar-refractivity contribution in [3.05, 3.63) is 71.5 Å². The minimum atomic E-state index is 0.00390. The molecule has 0 fully saturated rings. The average Bonchev–Trinajstić information content (AvgIpc) is 3.08. The first-order chi connectivity index (χ1) is 15.5. The van der Waals surface area contributed by atoms with Gasteiger partial charge in [0.05, 0.1) is 0 Å². The van der Waals surface area contributed by atoms with E-state index in [1.807, 2.05) is 0 Å². The Bertz CT molecular complexity index is 1510. The first-order valence-electron chi connectivity index (χ1n) is 11.7. The van der Waals surface area contributed by atoms with Crippen molar-refractivity contribution in [3.63, 3.8) is 0 Å². The molecule has 3 aromatic carbocycles. The van der Waals surface area contributed by atoms with E-state index in [0.717, 1.165) is 39.7 Å². The lowest BCUT2D eigenvalue weighted by Crippen LogP contribution is -2.12. The molecule has 5 rings (SSSR count). The fourth-order valence-electron chi connectivity index (χ4n) is 4.78. The molecular weight excluding hydrogens is 404 g/mol. The van der Waals surface area contributed by atoms with Gasteiger partial charge in [0, 0.05) is 10.9 Å². The molecule has 0 bridgehead atoms. The lowest BCUT2D eigenvalue weighted by Gasteiger charge is -2.23. The van der Waals surface area contributed by atoms with E-state index in [9.17, 15) is 0 Å². The zero-order valence-electron chi connectivity index (χ0n) is 20.7. The molecule has 0 spiro atoms. The number of aryl methyl sites for hydroxylation is 1. The minimum absolute atomic E-state index is 0.00390. The lowest BCUT2D eigenvalue weighted by molar-refractivity contribution is 0.411. The van der Waals surface area contributed by atoms with Gasteiger partial charge in [0.15, 0.2) is 5.58 Å². The molecule has 3 nitrogen and oxygen atoms in total. The predicted octanol–water partition coefficient (Wildman–Crippen LogP) is 8.39. The zero-order valence-corrected chi connectivity index (χ0v) is 20.7. The van der Waals surface area contributed by atoms with Gasteiger partial charge in [0.2, 0.25) is 0 Å². The molecule has 0 radical (unpaired) electrons. The van der Waals surface area contributed by atoms with Crippen molar-refractivity contribution in [3.8, 4) is 11.3 Å². The molecule has 0 saturated heterocycles. The number of furan rings is 1. The van der Waals surface area contributed by atoms with E-state index in [2.05, 4.69) is 102 Å². The molecule has 0 aliphatic rings. The molecule has 2 heterocycles. The normalized spacial score (nSPS) is 12.8. The second-order valence-electron chi connectivity index (χ2n) is 11.6. The highest BCUT2D eigenvalue weighted by atomic mass is 16.3. The summed E-state index contributed by atoms with van der Waals surface area (Å²) in [5.41, 5.74) is 8.51. The van der Waals surface area contributed by atoms with E-state index in [0.29, 0.717) is 0 Å². The van der Waals surface area contributed by atoms with Crippen LogP contribution in [0, 0.1) is 12.3 Å². The van der Waals surface area contributed by atoms with Gasteiger partial charge in [-0.1, -0.05) is 71.4 Å². The van der Waals surface area contributed by atoms with Gasteiger partial charge in [-0.25, -0.2) is 9.97 Å². The summed E-state index contributed by atoms with van der Waals surface area (Å²) in [7, 11) is 0. The van der Waals surface area contributed by atoms with Crippen LogP contribution in [-0.4, -0.2) is 9.97 Å². The highest BCUT2D eigenvalue weighted by molar-refractivity contribution is 6.07. The number of nitrogens with zero attached hydrogens (tertiary/aromatic N) is 2. The van der Waals surface area contributed by atoms with Gasteiger partial charge in [-0.15, -0.1) is 0 Å². The van der Waals surface area contributed by atoms with Crippen LogP contribution in [0.25, 0.3) is 44.1 Å². The van der Waals surface area contributed by atoms with Crippen LogP contribution in [0.2, 0.25) is 0 Å². The number of rotatable bonds is 2. The summed E-state index contributed by atoms with van der Waals surface area (Å²) in [6.07, 6.45) is 2.66. The third-order valence-corrected chi connectivity index (χ3v) is 6.24. The maximum Gasteiger partial charge on any atom is 0.180 e. The van der Waals surface area contributed by atoms with E-state index in [1.54, 1.807) is 6.33 Å². The second-order valence-corrected chi connectivity index (χ2v) is 11.6. The van der Waals surface area contributed by atoms with Crippen LogP contribution < -0.4 is 0 Å². The Morgan fingerprint density at radius 2 is 1.61 bits per heavy atom. The molecule has 0 amide bonds. The quantitative estimate of drug-likeness (QED) is 0.279. The first-order valence-corrected chi connectivity index (χ1v) is 11.7. The molecule has 2 aromatic heterocycles. The average molecular weight is 437 g/mol. The van der Waals surface area contributed by atoms with Crippen LogP contribution in [0.5, 0.6) is 0 Å². The summed E-state index contributed by atoms with van der Waals surface area (Å²) in [4.78, 5) is 9.30. The summed E-state index contributed by atoms with van der Waals surface area (Å²) >= 11 is 0. The fraction of sp³-hybridized carbons (Fsp3) is 0.333. The van der Waals surface area contributed by atoms with Crippen molar-refractivity contribution in [2.45, 2.75) is 60.3 Å². The molecule has 3 heteroatoms. The Kier molecular flexibility index (Phi) is 4.86. The topological polar surface area (TPSA) is 38.9 Å². The van der Waals surface area contributed by atoms with E-state index in [4.69, 9.17) is 9.40 Å².